The van der Waals surface area contributed by atoms with E-state index in [4.69, 9.17) is 16.7 Å². The van der Waals surface area contributed by atoms with Gasteiger partial charge < -0.3 is 10.4 Å². The first-order valence-corrected chi connectivity index (χ1v) is 5.25. The Labute approximate surface area is 93.1 Å². The Morgan fingerprint density at radius 2 is 2.00 bits per heavy atom. The molecule has 1 aromatic rings. The molecule has 3 nitrogen and oxygen atoms in total. The van der Waals surface area contributed by atoms with Gasteiger partial charge in [-0.25, -0.2) is 0 Å². The number of nitrogens with one attached hydrogen (secondary N) is 1. The first-order chi connectivity index (χ1) is 7.18. The molecule has 0 radical (unpaired) electrons. The number of aliphatic carboxylic acids is 1. The van der Waals surface area contributed by atoms with Gasteiger partial charge >= 0.3 is 5.97 Å². The Balaban J connectivity index is 2.22. The highest BCUT2D eigenvalue weighted by Gasteiger charge is 2.33. The Bertz CT molecular complexity index is 363. The molecular formula is C11H12ClNO2. The first kappa shape index (κ1) is 10.5. The lowest BCUT2D eigenvalue weighted by molar-refractivity contribution is -0.141. The molecule has 15 heavy (non-hydrogen) atoms. The van der Waals surface area contributed by atoms with E-state index in [-0.39, 0.29) is 11.8 Å². The van der Waals surface area contributed by atoms with Crippen LogP contribution >= 0.6 is 11.6 Å². The molecular weight excluding hydrogens is 214 g/mol. The van der Waals surface area contributed by atoms with Crippen molar-refractivity contribution in [1.29, 1.82) is 0 Å². The largest absolute Gasteiger partial charge is 0.481 e. The van der Waals surface area contributed by atoms with Gasteiger partial charge in [0.1, 0.15) is 0 Å². The lowest BCUT2D eigenvalue weighted by atomic mass is 9.89. The van der Waals surface area contributed by atoms with Crippen LogP contribution in [0.15, 0.2) is 24.3 Å². The fourth-order valence-corrected chi connectivity index (χ4v) is 2.12. The summed E-state index contributed by atoms with van der Waals surface area (Å²) in [5.74, 6) is -1.01. The molecule has 0 unspecified atom stereocenters. The van der Waals surface area contributed by atoms with Gasteiger partial charge in [0.25, 0.3) is 0 Å². The van der Waals surface area contributed by atoms with Gasteiger partial charge in [-0.2, -0.15) is 0 Å². The summed E-state index contributed by atoms with van der Waals surface area (Å²) in [4.78, 5) is 11.0. The second-order valence-corrected chi connectivity index (χ2v) is 4.20. The average molecular weight is 226 g/mol. The van der Waals surface area contributed by atoms with Gasteiger partial charge in [0.15, 0.2) is 0 Å². The third-order valence-electron chi connectivity index (χ3n) is 2.83. The van der Waals surface area contributed by atoms with Gasteiger partial charge in [-0.15, -0.1) is 0 Å². The zero-order valence-corrected chi connectivity index (χ0v) is 8.87. The summed E-state index contributed by atoms with van der Waals surface area (Å²) in [6.45, 7) is 1.27. The van der Waals surface area contributed by atoms with Crippen molar-refractivity contribution in [1.82, 2.24) is 5.32 Å². The van der Waals surface area contributed by atoms with Gasteiger partial charge in [0, 0.05) is 24.0 Å². The molecule has 2 rings (SSSR count). The molecule has 1 aliphatic rings. The second-order valence-electron chi connectivity index (χ2n) is 3.76. The summed E-state index contributed by atoms with van der Waals surface area (Å²) < 4.78 is 0. The molecule has 0 amide bonds. The number of hydrogen-bond donors (Lipinski definition) is 2. The van der Waals surface area contributed by atoms with Gasteiger partial charge in [-0.05, 0) is 17.7 Å². The van der Waals surface area contributed by atoms with E-state index in [0.29, 0.717) is 11.6 Å². The second kappa shape index (κ2) is 4.21. The minimum absolute atomic E-state index is 0.0553. The normalized spacial score (nSPS) is 25.4. The van der Waals surface area contributed by atoms with Crippen LogP contribution in [0.3, 0.4) is 0 Å². The van der Waals surface area contributed by atoms with E-state index >= 15 is 0 Å². The number of rotatable bonds is 2. The van der Waals surface area contributed by atoms with E-state index < -0.39 is 5.97 Å². The number of benzene rings is 1. The molecule has 80 valence electrons. The van der Waals surface area contributed by atoms with Crippen LogP contribution in [0.2, 0.25) is 5.02 Å². The lowest BCUT2D eigenvalue weighted by Gasteiger charge is -2.14. The van der Waals surface area contributed by atoms with E-state index in [0.717, 1.165) is 12.1 Å². The first-order valence-electron chi connectivity index (χ1n) is 4.87. The predicted octanol–water partition coefficient (Wildman–Crippen LogP) is 1.73. The third-order valence-corrected chi connectivity index (χ3v) is 3.08. The van der Waals surface area contributed by atoms with Crippen LogP contribution in [0.1, 0.15) is 11.5 Å². The lowest BCUT2D eigenvalue weighted by Crippen LogP contribution is -2.20. The number of carbonyl (C=O) groups is 1. The van der Waals surface area contributed by atoms with E-state index in [9.17, 15) is 4.79 Å². The Hall–Kier alpha value is -1.06. The van der Waals surface area contributed by atoms with E-state index in [1.807, 2.05) is 12.1 Å². The van der Waals surface area contributed by atoms with Crippen molar-refractivity contribution in [2.24, 2.45) is 5.92 Å². The minimum Gasteiger partial charge on any atom is -0.481 e. The van der Waals surface area contributed by atoms with Crippen LogP contribution in [0.25, 0.3) is 0 Å². The summed E-state index contributed by atoms with van der Waals surface area (Å²) in [6, 6.07) is 7.40. The van der Waals surface area contributed by atoms with Gasteiger partial charge in [-0.1, -0.05) is 23.7 Å². The Morgan fingerprint density at radius 1 is 1.33 bits per heavy atom. The standard InChI is InChI=1S/C11H12ClNO2/c12-8-3-1-7(2-4-8)9-5-13-6-10(9)11(14)15/h1-4,9-10,13H,5-6H2,(H,14,15)/t9-,10-/m1/s1. The maximum absolute atomic E-state index is 11.0. The fraction of sp³-hybridized carbons (Fsp3) is 0.364. The van der Waals surface area contributed by atoms with Gasteiger partial charge in [0.05, 0.1) is 5.92 Å². The molecule has 1 aromatic carbocycles. The average Bonchev–Trinajstić information content (AvgIpc) is 2.67. The third kappa shape index (κ3) is 2.13. The fourth-order valence-electron chi connectivity index (χ4n) is 2.00. The van der Waals surface area contributed by atoms with Crippen LogP contribution in [-0.2, 0) is 4.79 Å². The van der Waals surface area contributed by atoms with Crippen LogP contribution < -0.4 is 5.32 Å². The molecule has 0 bridgehead atoms. The zero-order chi connectivity index (χ0) is 10.8. The van der Waals surface area contributed by atoms with Crippen molar-refractivity contribution in [2.75, 3.05) is 13.1 Å². The zero-order valence-electron chi connectivity index (χ0n) is 8.11. The van der Waals surface area contributed by atoms with Crippen molar-refractivity contribution in [2.45, 2.75) is 5.92 Å². The maximum atomic E-state index is 11.0. The molecule has 0 aliphatic carbocycles. The molecule has 0 saturated carbocycles. The Kier molecular flexibility index (Phi) is 2.93. The van der Waals surface area contributed by atoms with Crippen molar-refractivity contribution in [3.8, 4) is 0 Å². The molecule has 0 aromatic heterocycles. The minimum atomic E-state index is -0.736. The van der Waals surface area contributed by atoms with Gasteiger partial charge in [0.2, 0.25) is 0 Å². The molecule has 4 heteroatoms. The monoisotopic (exact) mass is 225 g/mol. The van der Waals surface area contributed by atoms with Crippen LogP contribution in [0.5, 0.6) is 0 Å². The molecule has 1 fully saturated rings. The molecule has 2 atom stereocenters. The summed E-state index contributed by atoms with van der Waals surface area (Å²) in [6.07, 6.45) is 0. The van der Waals surface area contributed by atoms with E-state index in [1.165, 1.54) is 0 Å². The van der Waals surface area contributed by atoms with Crippen molar-refractivity contribution >= 4 is 17.6 Å². The summed E-state index contributed by atoms with van der Waals surface area (Å²) in [7, 11) is 0. The smallest absolute Gasteiger partial charge is 0.308 e. The van der Waals surface area contributed by atoms with Crippen molar-refractivity contribution in [3.05, 3.63) is 34.9 Å². The highest BCUT2D eigenvalue weighted by Crippen LogP contribution is 2.28. The maximum Gasteiger partial charge on any atom is 0.308 e. The molecule has 1 aliphatic heterocycles. The molecule has 1 heterocycles. The summed E-state index contributed by atoms with van der Waals surface area (Å²) in [5, 5.41) is 12.8. The van der Waals surface area contributed by atoms with Crippen LogP contribution in [0, 0.1) is 5.92 Å². The predicted molar refractivity (Wildman–Crippen MR) is 58.2 cm³/mol. The highest BCUT2D eigenvalue weighted by molar-refractivity contribution is 6.30. The van der Waals surface area contributed by atoms with Crippen LogP contribution in [0.4, 0.5) is 0 Å². The molecule has 2 N–H and O–H groups in total. The van der Waals surface area contributed by atoms with Crippen molar-refractivity contribution in [3.63, 3.8) is 0 Å². The van der Waals surface area contributed by atoms with Crippen LogP contribution in [-0.4, -0.2) is 24.2 Å². The van der Waals surface area contributed by atoms with E-state index in [2.05, 4.69) is 5.32 Å². The molecule has 0 spiro atoms. The van der Waals surface area contributed by atoms with E-state index in [1.54, 1.807) is 12.1 Å². The molecule has 1 saturated heterocycles. The van der Waals surface area contributed by atoms with Crippen molar-refractivity contribution < 1.29 is 9.90 Å². The summed E-state index contributed by atoms with van der Waals surface area (Å²) in [5.41, 5.74) is 1.04. The summed E-state index contributed by atoms with van der Waals surface area (Å²) >= 11 is 5.79. The SMILES string of the molecule is O=C(O)[C@@H]1CNC[C@@H]1c1ccc(Cl)cc1. The number of carboxylic acid groups (broad SMARTS) is 1. The van der Waals surface area contributed by atoms with Gasteiger partial charge in [-0.3, -0.25) is 4.79 Å². The topological polar surface area (TPSA) is 49.3 Å². The highest BCUT2D eigenvalue weighted by atomic mass is 35.5. The number of halogens is 1. The quantitative estimate of drug-likeness (QED) is 0.806. The number of hydrogen-bond acceptors (Lipinski definition) is 2. The number of carboxylic acids is 1. The Morgan fingerprint density at radius 3 is 2.60 bits per heavy atom.